The topological polar surface area (TPSA) is 94.2 Å². The second-order valence-corrected chi connectivity index (χ2v) is 8.13. The number of imidazole rings is 1. The monoisotopic (exact) mass is 412 g/mol. The summed E-state index contributed by atoms with van der Waals surface area (Å²) >= 11 is 0. The Hall–Kier alpha value is -3.87. The van der Waals surface area contributed by atoms with Crippen LogP contribution in [0.25, 0.3) is 11.0 Å². The molecular formula is C24H24N6O. The van der Waals surface area contributed by atoms with Crippen molar-refractivity contribution in [3.8, 4) is 0 Å². The summed E-state index contributed by atoms with van der Waals surface area (Å²) in [5, 5.41) is 10.4. The zero-order valence-corrected chi connectivity index (χ0v) is 17.4. The fourth-order valence-electron chi connectivity index (χ4n) is 3.92. The minimum Gasteiger partial charge on any atom is -0.325 e. The highest BCUT2D eigenvalue weighted by atomic mass is 16.1. The summed E-state index contributed by atoms with van der Waals surface area (Å²) in [7, 11) is 0. The molecule has 2 heterocycles. The Morgan fingerprint density at radius 3 is 2.90 bits per heavy atom. The Kier molecular flexibility index (Phi) is 4.78. The standard InChI is InChI=1S/C24H24N6O/c1-14(2)18-5-3-4-6-19(18)27-24-28-20-10-9-17(12-22(20)29-24)26-23(31)15-7-8-16-13-25-30-21(16)11-15/h3-14,16,21,30H,1-2H3,(H,26,31)(H2,27,28,29). The first-order valence-electron chi connectivity index (χ1n) is 10.4. The second-order valence-electron chi connectivity index (χ2n) is 8.13. The molecule has 5 rings (SSSR count). The van der Waals surface area contributed by atoms with E-state index in [0.29, 0.717) is 23.1 Å². The van der Waals surface area contributed by atoms with Crippen molar-refractivity contribution in [2.24, 2.45) is 11.0 Å². The molecule has 7 nitrogen and oxygen atoms in total. The lowest BCUT2D eigenvalue weighted by Crippen LogP contribution is -2.28. The zero-order chi connectivity index (χ0) is 21.4. The summed E-state index contributed by atoms with van der Waals surface area (Å²) < 4.78 is 0. The van der Waals surface area contributed by atoms with Crippen LogP contribution < -0.4 is 16.1 Å². The van der Waals surface area contributed by atoms with E-state index in [0.717, 1.165) is 16.7 Å². The number of aromatic nitrogens is 2. The molecule has 1 aliphatic carbocycles. The molecule has 4 N–H and O–H groups in total. The largest absolute Gasteiger partial charge is 0.325 e. The number of hydrogen-bond acceptors (Lipinski definition) is 5. The quantitative estimate of drug-likeness (QED) is 0.498. The summed E-state index contributed by atoms with van der Waals surface area (Å²) in [4.78, 5) is 20.6. The van der Waals surface area contributed by atoms with E-state index in [2.05, 4.69) is 51.0 Å². The molecule has 7 heteroatoms. The van der Waals surface area contributed by atoms with Gasteiger partial charge in [0.1, 0.15) is 0 Å². The van der Waals surface area contributed by atoms with Crippen molar-refractivity contribution in [1.29, 1.82) is 0 Å². The molecule has 2 aliphatic rings. The van der Waals surface area contributed by atoms with Crippen molar-refractivity contribution in [2.75, 3.05) is 10.6 Å². The third kappa shape index (κ3) is 3.82. The predicted molar refractivity (Wildman–Crippen MR) is 125 cm³/mol. The molecule has 1 amide bonds. The Balaban J connectivity index is 1.33. The number of H-pyrrole nitrogens is 1. The molecule has 156 valence electrons. The fourth-order valence-corrected chi connectivity index (χ4v) is 3.92. The highest BCUT2D eigenvalue weighted by Gasteiger charge is 2.25. The van der Waals surface area contributed by atoms with E-state index < -0.39 is 0 Å². The van der Waals surface area contributed by atoms with Gasteiger partial charge in [0, 0.05) is 29.1 Å². The van der Waals surface area contributed by atoms with Crippen LogP contribution in [0.2, 0.25) is 0 Å². The first kappa shape index (κ1) is 19.1. The van der Waals surface area contributed by atoms with Gasteiger partial charge in [0.15, 0.2) is 0 Å². The van der Waals surface area contributed by atoms with Gasteiger partial charge in [-0.1, -0.05) is 44.2 Å². The van der Waals surface area contributed by atoms with Crippen LogP contribution in [-0.2, 0) is 4.79 Å². The highest BCUT2D eigenvalue weighted by Crippen LogP contribution is 2.28. The molecule has 31 heavy (non-hydrogen) atoms. The average molecular weight is 412 g/mol. The normalized spacial score (nSPS) is 19.3. The van der Waals surface area contributed by atoms with E-state index in [1.165, 1.54) is 5.56 Å². The van der Waals surface area contributed by atoms with Gasteiger partial charge >= 0.3 is 0 Å². The van der Waals surface area contributed by atoms with E-state index in [4.69, 9.17) is 0 Å². The lowest BCUT2D eigenvalue weighted by atomic mass is 9.93. The van der Waals surface area contributed by atoms with Gasteiger partial charge in [0.2, 0.25) is 5.95 Å². The van der Waals surface area contributed by atoms with Crippen molar-refractivity contribution < 1.29 is 4.79 Å². The van der Waals surface area contributed by atoms with E-state index in [1.54, 1.807) is 0 Å². The molecule has 1 aromatic heterocycles. The third-order valence-electron chi connectivity index (χ3n) is 5.58. The highest BCUT2D eigenvalue weighted by molar-refractivity contribution is 6.06. The number of rotatable bonds is 5. The van der Waals surface area contributed by atoms with Crippen LogP contribution in [0, 0.1) is 5.92 Å². The van der Waals surface area contributed by atoms with Gasteiger partial charge in [-0.05, 0) is 41.8 Å². The molecule has 0 bridgehead atoms. The number of amides is 1. The minimum absolute atomic E-state index is 0.0446. The number of nitrogens with zero attached hydrogens (tertiary/aromatic N) is 2. The molecule has 2 aromatic carbocycles. The molecule has 0 fully saturated rings. The van der Waals surface area contributed by atoms with Crippen molar-refractivity contribution in [3.05, 3.63) is 71.8 Å². The number of nitrogens with one attached hydrogen (secondary N) is 4. The van der Waals surface area contributed by atoms with Gasteiger partial charge in [0.25, 0.3) is 5.91 Å². The predicted octanol–water partition coefficient (Wildman–Crippen LogP) is 4.44. The summed E-state index contributed by atoms with van der Waals surface area (Å²) in [6.07, 6.45) is 7.60. The molecule has 0 saturated heterocycles. The van der Waals surface area contributed by atoms with Crippen LogP contribution in [-0.4, -0.2) is 28.1 Å². The maximum Gasteiger partial charge on any atom is 0.255 e. The molecular weight excluding hydrogens is 388 g/mol. The summed E-state index contributed by atoms with van der Waals surface area (Å²) in [5.74, 6) is 1.14. The molecule has 0 spiro atoms. The number of aromatic amines is 1. The van der Waals surface area contributed by atoms with Crippen molar-refractivity contribution in [1.82, 2.24) is 15.4 Å². The number of carbonyl (C=O) groups is 1. The van der Waals surface area contributed by atoms with Gasteiger partial charge in [-0.15, -0.1) is 0 Å². The van der Waals surface area contributed by atoms with Crippen LogP contribution >= 0.6 is 0 Å². The molecule has 0 radical (unpaired) electrons. The van der Waals surface area contributed by atoms with Crippen molar-refractivity contribution >= 4 is 40.5 Å². The Bertz CT molecular complexity index is 1240. The number of hydrazone groups is 1. The number of hydrogen-bond donors (Lipinski definition) is 4. The molecule has 2 atom stereocenters. The van der Waals surface area contributed by atoms with Gasteiger partial charge in [0.05, 0.1) is 17.1 Å². The first-order chi connectivity index (χ1) is 15.1. The number of para-hydroxylation sites is 1. The van der Waals surface area contributed by atoms with Crippen LogP contribution in [0.3, 0.4) is 0 Å². The first-order valence-corrected chi connectivity index (χ1v) is 10.4. The second kappa shape index (κ2) is 7.75. The lowest BCUT2D eigenvalue weighted by Gasteiger charge is -2.17. The zero-order valence-electron chi connectivity index (χ0n) is 17.4. The van der Waals surface area contributed by atoms with E-state index >= 15 is 0 Å². The summed E-state index contributed by atoms with van der Waals surface area (Å²) in [6, 6.07) is 13.9. The van der Waals surface area contributed by atoms with Crippen LogP contribution in [0.1, 0.15) is 25.3 Å². The van der Waals surface area contributed by atoms with Crippen molar-refractivity contribution in [3.63, 3.8) is 0 Å². The van der Waals surface area contributed by atoms with Crippen LogP contribution in [0.5, 0.6) is 0 Å². The molecule has 1 aliphatic heterocycles. The smallest absolute Gasteiger partial charge is 0.255 e. The summed E-state index contributed by atoms with van der Waals surface area (Å²) in [6.45, 7) is 4.34. The number of benzene rings is 2. The van der Waals surface area contributed by atoms with E-state index in [-0.39, 0.29) is 17.9 Å². The van der Waals surface area contributed by atoms with E-state index in [1.807, 2.05) is 60.8 Å². The number of anilines is 3. The van der Waals surface area contributed by atoms with Gasteiger partial charge in [-0.25, -0.2) is 4.98 Å². The van der Waals surface area contributed by atoms with Gasteiger partial charge in [-0.3, -0.25) is 4.79 Å². The SMILES string of the molecule is CC(C)c1ccccc1Nc1nc2ccc(NC(=O)C3=CC4NN=CC4C=C3)cc2[nH]1. The molecule has 0 saturated carbocycles. The average Bonchev–Trinajstić information content (AvgIpc) is 3.39. The van der Waals surface area contributed by atoms with Crippen LogP contribution in [0.15, 0.2) is 71.4 Å². The number of carbonyl (C=O) groups excluding carboxylic acids is 1. The number of fused-ring (bicyclic) bond motifs is 2. The molecule has 2 unspecified atom stereocenters. The summed E-state index contributed by atoms with van der Waals surface area (Å²) in [5.41, 5.74) is 8.28. The van der Waals surface area contributed by atoms with E-state index in [9.17, 15) is 4.79 Å². The molecule has 3 aromatic rings. The van der Waals surface area contributed by atoms with Crippen molar-refractivity contribution in [2.45, 2.75) is 25.8 Å². The van der Waals surface area contributed by atoms with Gasteiger partial charge < -0.3 is 21.0 Å². The maximum absolute atomic E-state index is 12.7. The lowest BCUT2D eigenvalue weighted by molar-refractivity contribution is -0.112. The fraction of sp³-hybridized carbons (Fsp3) is 0.208. The Labute approximate surface area is 180 Å². The third-order valence-corrected chi connectivity index (χ3v) is 5.58. The minimum atomic E-state index is -0.147. The van der Waals surface area contributed by atoms with Crippen LogP contribution in [0.4, 0.5) is 17.3 Å². The van der Waals surface area contributed by atoms with Gasteiger partial charge in [-0.2, -0.15) is 5.10 Å². The Morgan fingerprint density at radius 1 is 1.16 bits per heavy atom. The Morgan fingerprint density at radius 2 is 2.03 bits per heavy atom. The maximum atomic E-state index is 12.7.